The van der Waals surface area contributed by atoms with Crippen molar-refractivity contribution < 1.29 is 45.7 Å². The highest BCUT2D eigenvalue weighted by molar-refractivity contribution is 14.0. The lowest BCUT2D eigenvalue weighted by Crippen LogP contribution is -2.30. The van der Waals surface area contributed by atoms with Crippen molar-refractivity contribution in [1.29, 1.82) is 0 Å². The number of hydrogen-bond acceptors (Lipinski definition) is 10. The van der Waals surface area contributed by atoms with E-state index in [9.17, 15) is 40.9 Å². The van der Waals surface area contributed by atoms with E-state index in [1.807, 2.05) is 0 Å². The minimum absolute atomic E-state index is 0. The Kier molecular flexibility index (Phi) is 10.5. The molecule has 0 amide bonds. The fourth-order valence-corrected chi connectivity index (χ4v) is 7.59. The van der Waals surface area contributed by atoms with Gasteiger partial charge in [0.1, 0.15) is 31.7 Å². The first-order valence-corrected chi connectivity index (χ1v) is 15.2. The number of carbonyl (C=O) groups is 1. The van der Waals surface area contributed by atoms with Crippen molar-refractivity contribution >= 4 is 138 Å². The minimum Gasteiger partial charge on any atom is -0.744 e. The summed E-state index contributed by atoms with van der Waals surface area (Å²) in [5, 5.41) is 20.0. The maximum Gasteiger partial charge on any atom is 0.341 e. The summed E-state index contributed by atoms with van der Waals surface area (Å²) in [5.74, 6) is -2.69. The van der Waals surface area contributed by atoms with Gasteiger partial charge in [0.2, 0.25) is 0 Å². The molecule has 2 N–H and O–H groups in total. The van der Waals surface area contributed by atoms with Gasteiger partial charge in [0.25, 0.3) is 0 Å². The molecule has 0 aromatic heterocycles. The molecule has 0 bridgehead atoms. The lowest BCUT2D eigenvalue weighted by molar-refractivity contribution is 0.0248. The van der Waals surface area contributed by atoms with E-state index < -0.39 is 53.1 Å². The van der Waals surface area contributed by atoms with E-state index in [2.05, 4.69) is 63.7 Å². The van der Waals surface area contributed by atoms with Gasteiger partial charge in [-0.15, -0.1) is 48.0 Å². The van der Waals surface area contributed by atoms with E-state index in [1.165, 1.54) is 0 Å². The Hall–Kier alpha value is -0.0700. The maximum absolute atomic E-state index is 13.2. The molecule has 38 heavy (non-hydrogen) atoms. The van der Waals surface area contributed by atoms with Gasteiger partial charge in [0.15, 0.2) is 5.60 Å². The molecule has 206 valence electrons. The predicted molar refractivity (Wildman–Crippen MR) is 166 cm³/mol. The molecule has 0 spiro atoms. The summed E-state index contributed by atoms with van der Waals surface area (Å²) in [6, 6.07) is 5.62. The Morgan fingerprint density at radius 2 is 1.13 bits per heavy atom. The van der Waals surface area contributed by atoms with Crippen molar-refractivity contribution in [1.82, 2.24) is 0 Å². The molecular weight excluding hydrogens is 1030 g/mol. The van der Waals surface area contributed by atoms with E-state index >= 15 is 0 Å². The molecule has 0 radical (unpaired) electrons. The Bertz CT molecular complexity index is 1630. The minimum atomic E-state index is -5.22. The molecule has 3 aromatic rings. The van der Waals surface area contributed by atoms with E-state index in [0.717, 1.165) is 36.4 Å². The standard InChI is InChI=1S/C20H10Br4O10S2.2HI/c21-15-13-14(16(22)18(24)17(15)23)20(34-19(13)27,7-1-3-9(25)11(5-7)35(28,29)30)8-2-4-10(26)12(6-8)36(31,32)33;;/h1-6,25-26H,(H,28,29,30)(H,31,32,33);2*1H/p-2/i;1-2;1-4. The number of ether oxygens (including phenoxy) is 1. The number of fused-ring (bicyclic) bond motifs is 1. The van der Waals surface area contributed by atoms with Crippen LogP contribution in [0.3, 0.4) is 0 Å². The van der Waals surface area contributed by atoms with Gasteiger partial charge in [0.05, 0.1) is 15.4 Å². The average Bonchev–Trinajstić information content (AvgIpc) is 3.09. The van der Waals surface area contributed by atoms with E-state index in [1.54, 1.807) is 0 Å². The second-order valence-electron chi connectivity index (χ2n) is 7.35. The summed E-state index contributed by atoms with van der Waals surface area (Å²) >= 11 is 13.3. The molecule has 1 heterocycles. The second kappa shape index (κ2) is 11.7. The quantitative estimate of drug-likeness (QED) is 0.109. The highest BCUT2D eigenvalue weighted by Gasteiger charge is 2.52. The van der Waals surface area contributed by atoms with E-state index in [-0.39, 0.29) is 79.2 Å². The van der Waals surface area contributed by atoms with Crippen molar-refractivity contribution in [2.75, 3.05) is 0 Å². The van der Waals surface area contributed by atoms with Gasteiger partial charge in [-0.2, -0.15) is 0 Å². The SMILES string of the molecule is O=C1OC(c2ccc(O)c(S(=O)(=O)[O-])c2)(c2ccc(O)c(S(=O)(=O)[O-])c2)c2c(Br)c(Br)c(Br)c(Br)c21.[123IH].[125IH]. The highest BCUT2D eigenvalue weighted by Crippen LogP contribution is 2.56. The smallest absolute Gasteiger partial charge is 0.341 e. The number of rotatable bonds is 4. The Morgan fingerprint density at radius 3 is 1.53 bits per heavy atom. The molecule has 4 rings (SSSR count). The molecule has 0 aliphatic carbocycles. The lowest BCUT2D eigenvalue weighted by Gasteiger charge is -2.32. The number of benzene rings is 3. The number of cyclic esters (lactones) is 1. The molecule has 1 aliphatic heterocycles. The van der Waals surface area contributed by atoms with Crippen molar-refractivity contribution in [3.63, 3.8) is 0 Å². The number of halogens is 6. The summed E-state index contributed by atoms with van der Waals surface area (Å²) < 4.78 is 77.8. The molecule has 0 atom stereocenters. The van der Waals surface area contributed by atoms with Crippen LogP contribution >= 0.6 is 112 Å². The molecule has 3 aromatic carbocycles. The molecule has 18 heteroatoms. The topological polar surface area (TPSA) is 181 Å². The molecule has 0 saturated carbocycles. The summed E-state index contributed by atoms with van der Waals surface area (Å²) in [4.78, 5) is 11.1. The summed E-state index contributed by atoms with van der Waals surface area (Å²) in [6.07, 6.45) is 0. The van der Waals surface area contributed by atoms with Gasteiger partial charge in [-0.1, -0.05) is 12.1 Å². The van der Waals surface area contributed by atoms with Crippen molar-refractivity contribution in [3.05, 3.63) is 76.5 Å². The summed E-state index contributed by atoms with van der Waals surface area (Å²) in [5.41, 5.74) is -2.56. The summed E-state index contributed by atoms with van der Waals surface area (Å²) in [6.45, 7) is 0. The summed E-state index contributed by atoms with van der Waals surface area (Å²) in [7, 11) is -10.4. The number of carbonyl (C=O) groups excluding carboxylic acids is 1. The van der Waals surface area contributed by atoms with Gasteiger partial charge < -0.3 is 24.1 Å². The van der Waals surface area contributed by atoms with Crippen LogP contribution in [0.5, 0.6) is 11.5 Å². The molecular formula is C20H10Br4I2O10S2-2. The largest absolute Gasteiger partial charge is 0.744 e. The van der Waals surface area contributed by atoms with E-state index in [0.29, 0.717) is 8.95 Å². The van der Waals surface area contributed by atoms with Crippen LogP contribution < -0.4 is 0 Å². The van der Waals surface area contributed by atoms with Crippen molar-refractivity contribution in [2.24, 2.45) is 0 Å². The fraction of sp³-hybridized carbons (Fsp3) is 0.0500. The van der Waals surface area contributed by atoms with Gasteiger partial charge in [-0.05, 0) is 88.0 Å². The van der Waals surface area contributed by atoms with Crippen molar-refractivity contribution in [2.45, 2.75) is 15.4 Å². The zero-order valence-electron chi connectivity index (χ0n) is 17.8. The Labute approximate surface area is 283 Å². The van der Waals surface area contributed by atoms with Crippen molar-refractivity contribution in [3.8, 4) is 11.5 Å². The Morgan fingerprint density at radius 1 is 0.737 bits per heavy atom. The first kappa shape index (κ1) is 34.1. The second-order valence-corrected chi connectivity index (χ2v) is 13.2. The van der Waals surface area contributed by atoms with Crippen LogP contribution in [0.4, 0.5) is 0 Å². The third-order valence-electron chi connectivity index (χ3n) is 5.34. The van der Waals surface area contributed by atoms with Crippen LogP contribution in [-0.4, -0.2) is 42.1 Å². The number of esters is 1. The lowest BCUT2D eigenvalue weighted by atomic mass is 9.80. The normalized spacial score (nSPS) is 14.2. The third kappa shape index (κ3) is 5.54. The number of hydrogen-bond donors (Lipinski definition) is 2. The fourth-order valence-electron chi connectivity index (χ4n) is 3.83. The van der Waals surface area contributed by atoms with E-state index in [4.69, 9.17) is 4.74 Å². The number of phenolic OH excluding ortho intramolecular Hbond substituents is 2. The number of aromatic hydroxyl groups is 2. The van der Waals surface area contributed by atoms with Crippen LogP contribution in [0.1, 0.15) is 27.0 Å². The average molecular weight is 1040 g/mol. The molecule has 10 nitrogen and oxygen atoms in total. The van der Waals surface area contributed by atoms with Gasteiger partial charge >= 0.3 is 5.97 Å². The molecule has 0 unspecified atom stereocenters. The first-order valence-electron chi connectivity index (χ1n) is 9.20. The van der Waals surface area contributed by atoms with Crippen LogP contribution in [0.2, 0.25) is 0 Å². The van der Waals surface area contributed by atoms with Crippen LogP contribution in [0.15, 0.2) is 64.1 Å². The number of phenols is 2. The Balaban J connectivity index is 0.00000253. The zero-order valence-corrected chi connectivity index (χ0v) is 30.4. The van der Waals surface area contributed by atoms with Gasteiger partial charge in [-0.25, -0.2) is 21.6 Å². The van der Waals surface area contributed by atoms with Crippen LogP contribution in [0, 0.1) is 0 Å². The monoisotopic (exact) mass is 1040 g/mol. The zero-order chi connectivity index (χ0) is 27.0. The molecule has 0 saturated heterocycles. The van der Waals surface area contributed by atoms with Crippen LogP contribution in [0.25, 0.3) is 0 Å². The van der Waals surface area contributed by atoms with Gasteiger partial charge in [0, 0.05) is 34.6 Å². The third-order valence-corrected chi connectivity index (χ3v) is 11.8. The van der Waals surface area contributed by atoms with Crippen LogP contribution in [-0.2, 0) is 30.6 Å². The molecule has 0 fully saturated rings. The molecule has 1 aliphatic rings. The first-order chi connectivity index (χ1) is 16.5. The highest BCUT2D eigenvalue weighted by atomic mass is 125. The van der Waals surface area contributed by atoms with Gasteiger partial charge in [-0.3, -0.25) is 0 Å². The predicted octanol–water partition coefficient (Wildman–Crippen LogP) is 5.65. The maximum atomic E-state index is 13.2.